The minimum Gasteiger partial charge on any atom is -0.360 e. The van der Waals surface area contributed by atoms with E-state index in [-0.39, 0.29) is 17.2 Å². The van der Waals surface area contributed by atoms with Gasteiger partial charge in [-0.05, 0) is 48.8 Å². The topological polar surface area (TPSA) is 113 Å². The van der Waals surface area contributed by atoms with E-state index in [0.717, 1.165) is 12.1 Å². The van der Waals surface area contributed by atoms with Crippen molar-refractivity contribution in [2.75, 3.05) is 25.2 Å². The van der Waals surface area contributed by atoms with Crippen molar-refractivity contribution in [3.8, 4) is 0 Å². The van der Waals surface area contributed by atoms with Crippen molar-refractivity contribution in [1.29, 1.82) is 0 Å². The Kier molecular flexibility index (Phi) is 8.16. The van der Waals surface area contributed by atoms with Crippen molar-refractivity contribution in [3.63, 3.8) is 0 Å². The van der Waals surface area contributed by atoms with Crippen LogP contribution >= 0.6 is 11.8 Å². The van der Waals surface area contributed by atoms with Crippen molar-refractivity contribution in [1.82, 2.24) is 19.6 Å². The van der Waals surface area contributed by atoms with Crippen molar-refractivity contribution in [2.24, 2.45) is 0 Å². The maximum atomic E-state index is 12.5. The third-order valence-electron chi connectivity index (χ3n) is 5.13. The van der Waals surface area contributed by atoms with E-state index in [4.69, 9.17) is 4.52 Å². The lowest BCUT2D eigenvalue weighted by Crippen LogP contribution is -2.35. The summed E-state index contributed by atoms with van der Waals surface area (Å²) < 4.78 is 6.38. The molecule has 176 valence electrons. The average molecular weight is 472 g/mol. The van der Waals surface area contributed by atoms with Gasteiger partial charge < -0.3 is 14.7 Å². The van der Waals surface area contributed by atoms with Gasteiger partial charge in [-0.2, -0.15) is 11.8 Å². The smallest absolute Gasteiger partial charge is 0.329 e. The molecule has 0 fully saturated rings. The summed E-state index contributed by atoms with van der Waals surface area (Å²) in [5.41, 5.74) is 2.72. The molecule has 3 rings (SSSR count). The first kappa shape index (κ1) is 24.4. The Labute approximate surface area is 196 Å². The number of anilines is 2. The maximum Gasteiger partial charge on any atom is 0.329 e. The molecule has 1 aromatic carbocycles. The minimum absolute atomic E-state index is 0.209. The fourth-order valence-corrected chi connectivity index (χ4v) is 4.11. The van der Waals surface area contributed by atoms with E-state index in [0.29, 0.717) is 36.0 Å². The number of nitrogens with zero attached hydrogens (tertiary/aromatic N) is 3. The molecular formula is C23H29N5O4S. The van der Waals surface area contributed by atoms with Gasteiger partial charge in [0.25, 0.3) is 11.5 Å². The quantitative estimate of drug-likeness (QED) is 0.437. The zero-order valence-electron chi connectivity index (χ0n) is 19.3. The van der Waals surface area contributed by atoms with Gasteiger partial charge in [-0.1, -0.05) is 18.1 Å². The normalized spacial score (nSPS) is 10.9. The van der Waals surface area contributed by atoms with E-state index < -0.39 is 5.69 Å². The van der Waals surface area contributed by atoms with Crippen LogP contribution in [0.25, 0.3) is 0 Å². The van der Waals surface area contributed by atoms with Crippen LogP contribution in [0.4, 0.5) is 11.5 Å². The number of carbonyl (C=O) groups excluding carboxylic acids is 1. The molecule has 3 aromatic rings. The molecule has 0 radical (unpaired) electrons. The number of benzene rings is 1. The summed E-state index contributed by atoms with van der Waals surface area (Å²) in [5, 5.41) is 6.89. The number of thioether (sulfide) groups is 1. The predicted molar refractivity (Wildman–Crippen MR) is 130 cm³/mol. The van der Waals surface area contributed by atoms with Gasteiger partial charge in [0.05, 0.1) is 5.75 Å². The number of H-pyrrole nitrogens is 1. The SMILES string of the molecule is CCc1cc(Nc2cc(=O)n(CCCSCc3cc(C(=O)N(C)C)no3)c(=O)[nH]2)ccc1C. The van der Waals surface area contributed by atoms with Gasteiger partial charge in [-0.15, -0.1) is 0 Å². The van der Waals surface area contributed by atoms with Crippen LogP contribution < -0.4 is 16.6 Å². The van der Waals surface area contributed by atoms with Gasteiger partial charge in [0.2, 0.25) is 0 Å². The number of hydrogen-bond acceptors (Lipinski definition) is 7. The van der Waals surface area contributed by atoms with Crippen molar-refractivity contribution in [3.05, 3.63) is 73.8 Å². The Bertz CT molecular complexity index is 1200. The van der Waals surface area contributed by atoms with Gasteiger partial charge in [0.15, 0.2) is 5.69 Å². The molecule has 1 amide bonds. The summed E-state index contributed by atoms with van der Waals surface area (Å²) in [4.78, 5) is 40.9. The van der Waals surface area contributed by atoms with Gasteiger partial charge >= 0.3 is 5.69 Å². The van der Waals surface area contributed by atoms with Crippen LogP contribution in [-0.4, -0.2) is 45.4 Å². The summed E-state index contributed by atoms with van der Waals surface area (Å²) in [6.07, 6.45) is 1.54. The van der Waals surface area contributed by atoms with E-state index in [9.17, 15) is 14.4 Å². The van der Waals surface area contributed by atoms with E-state index in [1.165, 1.54) is 26.7 Å². The van der Waals surface area contributed by atoms with Crippen molar-refractivity contribution >= 4 is 29.2 Å². The molecule has 2 N–H and O–H groups in total. The minimum atomic E-state index is -0.445. The molecule has 2 heterocycles. The molecule has 0 spiro atoms. The van der Waals surface area contributed by atoms with Gasteiger partial charge in [-0.25, -0.2) is 4.79 Å². The number of aryl methyl sites for hydroxylation is 2. The van der Waals surface area contributed by atoms with Gasteiger partial charge in [-0.3, -0.25) is 19.1 Å². The number of nitrogens with one attached hydrogen (secondary N) is 2. The molecule has 0 aliphatic rings. The average Bonchev–Trinajstić information content (AvgIpc) is 3.24. The van der Waals surface area contributed by atoms with Crippen LogP contribution in [0.5, 0.6) is 0 Å². The standard InChI is InChI=1S/C23H29N5O4S/c1-5-16-11-17(8-7-15(16)2)24-20-13-21(29)28(23(31)25-20)9-6-10-33-14-18-12-19(26-32-18)22(30)27(3)4/h7-8,11-13,24H,5-6,9-10,14H2,1-4H3,(H,25,31). The lowest BCUT2D eigenvalue weighted by Gasteiger charge is -2.11. The molecule has 0 aliphatic heterocycles. The fourth-order valence-electron chi connectivity index (χ4n) is 3.29. The monoisotopic (exact) mass is 471 g/mol. The molecular weight excluding hydrogens is 442 g/mol. The van der Waals surface area contributed by atoms with Gasteiger partial charge in [0, 0.05) is 38.5 Å². The summed E-state index contributed by atoms with van der Waals surface area (Å²) in [5.74, 6) is 2.04. The lowest BCUT2D eigenvalue weighted by atomic mass is 10.1. The van der Waals surface area contributed by atoms with Gasteiger partial charge in [0.1, 0.15) is 11.6 Å². The Morgan fingerprint density at radius 1 is 1.24 bits per heavy atom. The van der Waals surface area contributed by atoms with Crippen LogP contribution in [0.2, 0.25) is 0 Å². The van der Waals surface area contributed by atoms with Crippen LogP contribution in [0.3, 0.4) is 0 Å². The van der Waals surface area contributed by atoms with Crippen LogP contribution in [0.1, 0.15) is 40.7 Å². The van der Waals surface area contributed by atoms with Crippen LogP contribution in [0.15, 0.2) is 44.4 Å². The third-order valence-corrected chi connectivity index (χ3v) is 6.19. The highest BCUT2D eigenvalue weighted by atomic mass is 32.2. The Balaban J connectivity index is 1.52. The summed E-state index contributed by atoms with van der Waals surface area (Å²) in [6, 6.07) is 8.98. The van der Waals surface area contributed by atoms with Crippen LogP contribution in [-0.2, 0) is 18.7 Å². The number of aromatic nitrogens is 3. The first-order valence-electron chi connectivity index (χ1n) is 10.7. The van der Waals surface area contributed by atoms with Crippen molar-refractivity contribution < 1.29 is 9.32 Å². The molecule has 0 bridgehead atoms. The zero-order valence-corrected chi connectivity index (χ0v) is 20.1. The Hall–Kier alpha value is -3.27. The largest absolute Gasteiger partial charge is 0.360 e. The summed E-state index contributed by atoms with van der Waals surface area (Å²) >= 11 is 1.58. The van der Waals surface area contributed by atoms with E-state index >= 15 is 0 Å². The number of carbonyl (C=O) groups is 1. The first-order chi connectivity index (χ1) is 15.8. The second-order valence-electron chi connectivity index (χ2n) is 7.88. The fraction of sp³-hybridized carbons (Fsp3) is 0.391. The number of aromatic amines is 1. The number of amides is 1. The molecule has 0 atom stereocenters. The highest BCUT2D eigenvalue weighted by Crippen LogP contribution is 2.18. The Morgan fingerprint density at radius 2 is 2.03 bits per heavy atom. The molecule has 2 aromatic heterocycles. The second-order valence-corrected chi connectivity index (χ2v) is 8.99. The molecule has 0 aliphatic carbocycles. The highest BCUT2D eigenvalue weighted by Gasteiger charge is 2.14. The number of hydrogen-bond donors (Lipinski definition) is 2. The predicted octanol–water partition coefficient (Wildman–Crippen LogP) is 3.16. The summed E-state index contributed by atoms with van der Waals surface area (Å²) in [7, 11) is 3.31. The molecule has 0 saturated heterocycles. The highest BCUT2D eigenvalue weighted by molar-refractivity contribution is 7.98. The second kappa shape index (κ2) is 11.0. The van der Waals surface area contributed by atoms with E-state index in [1.54, 1.807) is 31.9 Å². The van der Waals surface area contributed by atoms with E-state index in [1.807, 2.05) is 18.2 Å². The van der Waals surface area contributed by atoms with Crippen molar-refractivity contribution in [2.45, 2.75) is 39.0 Å². The Morgan fingerprint density at radius 3 is 2.73 bits per heavy atom. The number of rotatable bonds is 10. The third kappa shape index (κ3) is 6.38. The molecule has 0 saturated carbocycles. The molecule has 10 heteroatoms. The molecule has 33 heavy (non-hydrogen) atoms. The summed E-state index contributed by atoms with van der Waals surface area (Å²) in [6.45, 7) is 4.45. The zero-order chi connectivity index (χ0) is 24.0. The molecule has 0 unspecified atom stereocenters. The first-order valence-corrected chi connectivity index (χ1v) is 11.9. The van der Waals surface area contributed by atoms with E-state index in [2.05, 4.69) is 29.3 Å². The maximum absolute atomic E-state index is 12.5. The lowest BCUT2D eigenvalue weighted by molar-refractivity contribution is 0.0817. The molecule has 9 nitrogen and oxygen atoms in total. The van der Waals surface area contributed by atoms with Crippen LogP contribution in [0, 0.1) is 6.92 Å².